The third kappa shape index (κ3) is 5.38. The molecule has 6 nitrogen and oxygen atoms in total. The van der Waals surface area contributed by atoms with Crippen LogP contribution in [0.25, 0.3) is 0 Å². The van der Waals surface area contributed by atoms with Gasteiger partial charge in [-0.3, -0.25) is 14.7 Å². The van der Waals surface area contributed by atoms with Crippen molar-refractivity contribution in [3.8, 4) is 0 Å². The maximum atomic E-state index is 5.87. The monoisotopic (exact) mass is 342 g/mol. The number of nitrogens with zero attached hydrogens (tertiary/aromatic N) is 3. The van der Waals surface area contributed by atoms with Crippen molar-refractivity contribution in [1.82, 2.24) is 14.7 Å². The molecule has 1 aliphatic heterocycles. The zero-order valence-corrected chi connectivity index (χ0v) is 16.9. The molecule has 1 rings (SSSR count). The van der Waals surface area contributed by atoms with Crippen LogP contribution < -0.4 is 17.2 Å². The van der Waals surface area contributed by atoms with E-state index in [-0.39, 0.29) is 16.6 Å². The molecule has 1 saturated heterocycles. The highest BCUT2D eigenvalue weighted by Crippen LogP contribution is 2.31. The van der Waals surface area contributed by atoms with Crippen LogP contribution in [0.5, 0.6) is 0 Å². The first-order valence-electron chi connectivity index (χ1n) is 9.35. The second-order valence-electron chi connectivity index (χ2n) is 9.10. The van der Waals surface area contributed by atoms with Gasteiger partial charge in [0.25, 0.3) is 0 Å². The molecule has 0 aliphatic carbocycles. The third-order valence-corrected chi connectivity index (χ3v) is 5.86. The minimum absolute atomic E-state index is 0.0727. The molecule has 0 atom stereocenters. The van der Waals surface area contributed by atoms with Crippen molar-refractivity contribution in [2.45, 2.75) is 77.4 Å². The second kappa shape index (κ2) is 8.43. The molecule has 144 valence electrons. The Labute approximate surface area is 149 Å². The zero-order chi connectivity index (χ0) is 18.6. The Hall–Kier alpha value is -0.240. The van der Waals surface area contributed by atoms with E-state index in [2.05, 4.69) is 56.2 Å². The molecule has 24 heavy (non-hydrogen) atoms. The van der Waals surface area contributed by atoms with Crippen LogP contribution in [-0.4, -0.2) is 71.0 Å². The normalized spacial score (nSPS) is 19.9. The van der Waals surface area contributed by atoms with Gasteiger partial charge in [-0.2, -0.15) is 0 Å². The largest absolute Gasteiger partial charge is 0.330 e. The van der Waals surface area contributed by atoms with E-state index in [9.17, 15) is 0 Å². The summed E-state index contributed by atoms with van der Waals surface area (Å²) in [5.41, 5.74) is 17.8. The fraction of sp³-hybridized carbons (Fsp3) is 1.00. The number of hydrogen-bond acceptors (Lipinski definition) is 6. The van der Waals surface area contributed by atoms with Crippen molar-refractivity contribution >= 4 is 0 Å². The summed E-state index contributed by atoms with van der Waals surface area (Å²) in [6.07, 6.45) is 2.97. The fourth-order valence-electron chi connectivity index (χ4n) is 3.43. The molecule has 0 bridgehead atoms. The van der Waals surface area contributed by atoms with Crippen LogP contribution in [0.4, 0.5) is 0 Å². The molecule has 1 fully saturated rings. The van der Waals surface area contributed by atoms with Gasteiger partial charge in [0.2, 0.25) is 0 Å². The summed E-state index contributed by atoms with van der Waals surface area (Å²) in [5, 5.41) is 0. The standard InChI is InChI=1S/C18H42N6/c1-16(2,7-10-19)22-13-23(17(3,4)8-11-20)15-24(14-22)18(5,6)9-12-21/h7-15,19-21H2,1-6H3. The highest BCUT2D eigenvalue weighted by Gasteiger charge is 2.41. The highest BCUT2D eigenvalue weighted by atomic mass is 15.5. The van der Waals surface area contributed by atoms with E-state index in [1.807, 2.05) is 0 Å². The molecular formula is C18H42N6. The number of rotatable bonds is 9. The van der Waals surface area contributed by atoms with Gasteiger partial charge in [0.1, 0.15) is 0 Å². The molecular weight excluding hydrogens is 300 g/mol. The van der Waals surface area contributed by atoms with E-state index in [0.717, 1.165) is 39.3 Å². The summed E-state index contributed by atoms with van der Waals surface area (Å²) in [7, 11) is 0. The lowest BCUT2D eigenvalue weighted by atomic mass is 9.93. The quantitative estimate of drug-likeness (QED) is 0.583. The van der Waals surface area contributed by atoms with E-state index in [0.29, 0.717) is 19.6 Å². The molecule has 0 radical (unpaired) electrons. The van der Waals surface area contributed by atoms with Crippen molar-refractivity contribution in [2.75, 3.05) is 39.6 Å². The molecule has 6 heteroatoms. The van der Waals surface area contributed by atoms with Gasteiger partial charge in [0, 0.05) is 16.6 Å². The fourth-order valence-corrected chi connectivity index (χ4v) is 3.43. The van der Waals surface area contributed by atoms with E-state index < -0.39 is 0 Å². The first kappa shape index (κ1) is 21.8. The van der Waals surface area contributed by atoms with Gasteiger partial charge in [-0.25, -0.2) is 0 Å². The minimum Gasteiger partial charge on any atom is -0.330 e. The molecule has 0 aromatic rings. The van der Waals surface area contributed by atoms with Gasteiger partial charge in [0.15, 0.2) is 0 Å². The van der Waals surface area contributed by atoms with Crippen molar-refractivity contribution in [3.63, 3.8) is 0 Å². The van der Waals surface area contributed by atoms with Gasteiger partial charge in [0.05, 0.1) is 20.0 Å². The summed E-state index contributed by atoms with van der Waals surface area (Å²) < 4.78 is 0. The average Bonchev–Trinajstić information content (AvgIpc) is 2.46. The minimum atomic E-state index is 0.0727. The van der Waals surface area contributed by atoms with E-state index in [4.69, 9.17) is 17.2 Å². The first-order chi connectivity index (χ1) is 11.0. The second-order valence-corrected chi connectivity index (χ2v) is 9.10. The predicted molar refractivity (Wildman–Crippen MR) is 103 cm³/mol. The molecule has 0 aromatic carbocycles. The highest BCUT2D eigenvalue weighted by molar-refractivity contribution is 4.93. The summed E-state index contributed by atoms with van der Waals surface area (Å²) in [6, 6.07) is 0. The van der Waals surface area contributed by atoms with E-state index in [1.54, 1.807) is 0 Å². The molecule has 1 aliphatic rings. The summed E-state index contributed by atoms with van der Waals surface area (Å²) in [6.45, 7) is 18.8. The summed E-state index contributed by atoms with van der Waals surface area (Å²) >= 11 is 0. The van der Waals surface area contributed by atoms with Crippen LogP contribution in [0.15, 0.2) is 0 Å². The lowest BCUT2D eigenvalue weighted by molar-refractivity contribution is -0.140. The van der Waals surface area contributed by atoms with Crippen LogP contribution in [-0.2, 0) is 0 Å². The van der Waals surface area contributed by atoms with Crippen LogP contribution in [0.3, 0.4) is 0 Å². The number of nitrogens with two attached hydrogens (primary N) is 3. The first-order valence-corrected chi connectivity index (χ1v) is 9.35. The van der Waals surface area contributed by atoms with E-state index >= 15 is 0 Å². The van der Waals surface area contributed by atoms with Crippen LogP contribution >= 0.6 is 0 Å². The van der Waals surface area contributed by atoms with Crippen molar-refractivity contribution in [1.29, 1.82) is 0 Å². The smallest absolute Gasteiger partial charge is 0.0540 e. The van der Waals surface area contributed by atoms with Crippen molar-refractivity contribution in [2.24, 2.45) is 17.2 Å². The topological polar surface area (TPSA) is 87.8 Å². The molecule has 0 aromatic heterocycles. The third-order valence-electron chi connectivity index (χ3n) is 5.86. The molecule has 0 spiro atoms. The van der Waals surface area contributed by atoms with E-state index in [1.165, 1.54) is 0 Å². The maximum Gasteiger partial charge on any atom is 0.0540 e. The average molecular weight is 343 g/mol. The van der Waals surface area contributed by atoms with Gasteiger partial charge in [-0.1, -0.05) is 0 Å². The lowest BCUT2D eigenvalue weighted by Crippen LogP contribution is -2.68. The van der Waals surface area contributed by atoms with Gasteiger partial charge >= 0.3 is 0 Å². The molecule has 1 heterocycles. The Morgan fingerprint density at radius 2 is 0.750 bits per heavy atom. The van der Waals surface area contributed by atoms with Crippen LogP contribution in [0.1, 0.15) is 60.8 Å². The van der Waals surface area contributed by atoms with Crippen LogP contribution in [0, 0.1) is 0 Å². The summed E-state index contributed by atoms with van der Waals surface area (Å²) in [4.78, 5) is 7.67. The van der Waals surface area contributed by atoms with Crippen molar-refractivity contribution < 1.29 is 0 Å². The molecule has 0 saturated carbocycles. The summed E-state index contributed by atoms with van der Waals surface area (Å²) in [5.74, 6) is 0. The predicted octanol–water partition coefficient (Wildman–Crippen LogP) is 1.16. The molecule has 0 unspecified atom stereocenters. The Bertz CT molecular complexity index is 317. The maximum absolute atomic E-state index is 5.87. The van der Waals surface area contributed by atoms with Crippen LogP contribution in [0.2, 0.25) is 0 Å². The molecule has 0 amide bonds. The Morgan fingerprint density at radius 1 is 0.542 bits per heavy atom. The van der Waals surface area contributed by atoms with Gasteiger partial charge < -0.3 is 17.2 Å². The Morgan fingerprint density at radius 3 is 0.917 bits per heavy atom. The Kier molecular flexibility index (Phi) is 7.66. The molecule has 6 N–H and O–H groups in total. The Balaban J connectivity index is 3.07. The number of hydrogen-bond donors (Lipinski definition) is 3. The van der Waals surface area contributed by atoms with Gasteiger partial charge in [-0.05, 0) is 80.4 Å². The van der Waals surface area contributed by atoms with Crippen molar-refractivity contribution in [3.05, 3.63) is 0 Å². The SMILES string of the molecule is CC(C)(CCN)N1CN(C(C)(C)CCN)CN(C(C)(C)CCN)C1. The van der Waals surface area contributed by atoms with Gasteiger partial charge in [-0.15, -0.1) is 0 Å². The lowest BCUT2D eigenvalue weighted by Gasteiger charge is -2.56. The zero-order valence-electron chi connectivity index (χ0n) is 16.9.